The van der Waals surface area contributed by atoms with Crippen LogP contribution in [0.25, 0.3) is 0 Å². The van der Waals surface area contributed by atoms with Gasteiger partial charge in [-0.1, -0.05) is 376 Å². The Bertz CT molecular complexity index is 1990. The van der Waals surface area contributed by atoms with E-state index in [0.717, 1.165) is 114 Å². The zero-order chi connectivity index (χ0) is 75.3. The summed E-state index contributed by atoms with van der Waals surface area (Å²) in [7, 11) is -9.93. The molecule has 19 heteroatoms. The molecule has 17 nitrogen and oxygen atoms in total. The van der Waals surface area contributed by atoms with E-state index in [2.05, 4.69) is 55.4 Å². The molecule has 0 aliphatic rings. The monoisotopic (exact) mass is 1490 g/mol. The van der Waals surface area contributed by atoms with Crippen molar-refractivity contribution in [2.24, 2.45) is 23.7 Å². The Balaban J connectivity index is 5.27. The number of carbonyl (C=O) groups excluding carboxylic acids is 4. The average molecular weight is 1490 g/mol. The highest BCUT2D eigenvalue weighted by atomic mass is 31.2. The number of carbonyl (C=O) groups is 4. The summed E-state index contributed by atoms with van der Waals surface area (Å²) in [6.45, 7) is 14.4. The predicted octanol–water partition coefficient (Wildman–Crippen LogP) is 24.8. The van der Waals surface area contributed by atoms with Gasteiger partial charge >= 0.3 is 39.5 Å². The van der Waals surface area contributed by atoms with Crippen LogP contribution in [-0.2, 0) is 65.4 Å². The molecule has 0 aromatic heterocycles. The van der Waals surface area contributed by atoms with Crippen LogP contribution in [0.4, 0.5) is 0 Å². The van der Waals surface area contributed by atoms with E-state index in [0.29, 0.717) is 25.7 Å². The molecule has 606 valence electrons. The van der Waals surface area contributed by atoms with Crippen molar-refractivity contribution in [3.8, 4) is 0 Å². The molecule has 0 rings (SSSR count). The molecule has 0 heterocycles. The molecule has 7 atom stereocenters. The normalized spacial score (nSPS) is 14.5. The molecule has 0 aromatic rings. The van der Waals surface area contributed by atoms with E-state index < -0.39 is 97.5 Å². The number of phosphoric ester groups is 2. The standard InChI is InChI=1S/C83H162O17P2/c1-9-75(7)61-53-45-37-29-21-15-11-13-17-23-31-39-47-55-63-80(85)93-69-78(99-82(87)65-57-49-41-32-24-18-14-12-16-22-30-38-46-54-62-76(8)10-2)71-97-101(89,90)95-67-77(84)68-96-102(91,92)98-72-79(70-94-81(86)64-56-48-40-34-26-28-36-44-52-60-74(5)6)100-83(88)66-58-50-42-33-25-19-20-27-35-43-51-59-73(3)4/h73-79,84H,9-72H2,1-8H3,(H,89,90)(H,91,92)/t75?,76?,77-,78-,79-/m1/s1. The zero-order valence-electron chi connectivity index (χ0n) is 67.2. The Morgan fingerprint density at radius 1 is 0.275 bits per heavy atom. The molecule has 102 heavy (non-hydrogen) atoms. The summed E-state index contributed by atoms with van der Waals surface area (Å²) in [4.78, 5) is 73.1. The maximum Gasteiger partial charge on any atom is 0.472 e. The van der Waals surface area contributed by atoms with Crippen LogP contribution in [0.1, 0.15) is 428 Å². The SMILES string of the molecule is CCC(C)CCCCCCCCCCCCCCCCC(=O)OC[C@H](COP(=O)(O)OC[C@@H](O)COP(=O)(O)OC[C@@H](COC(=O)CCCCCCCCCCCC(C)C)OC(=O)CCCCCCCCCCCCCC(C)C)OC(=O)CCCCCCCCCCCCCCCCC(C)CC. The van der Waals surface area contributed by atoms with E-state index >= 15 is 0 Å². The Kier molecular flexibility index (Phi) is 70.6. The van der Waals surface area contributed by atoms with Gasteiger partial charge < -0.3 is 33.8 Å². The first-order valence-corrected chi connectivity index (χ1v) is 45.8. The number of phosphoric acid groups is 2. The van der Waals surface area contributed by atoms with Crippen molar-refractivity contribution in [1.82, 2.24) is 0 Å². The molecular formula is C83H162O17P2. The molecule has 0 spiro atoms. The van der Waals surface area contributed by atoms with Gasteiger partial charge in [0, 0.05) is 25.7 Å². The van der Waals surface area contributed by atoms with Crippen LogP contribution in [0.5, 0.6) is 0 Å². The second-order valence-corrected chi connectivity index (χ2v) is 34.2. The number of aliphatic hydroxyl groups is 1. The van der Waals surface area contributed by atoms with Crippen molar-refractivity contribution in [3.05, 3.63) is 0 Å². The predicted molar refractivity (Wildman–Crippen MR) is 418 cm³/mol. The van der Waals surface area contributed by atoms with Crippen LogP contribution < -0.4 is 0 Å². The molecule has 0 radical (unpaired) electrons. The van der Waals surface area contributed by atoms with Crippen LogP contribution >= 0.6 is 15.6 Å². The summed E-state index contributed by atoms with van der Waals surface area (Å²) in [6, 6.07) is 0. The number of ether oxygens (including phenoxy) is 4. The minimum atomic E-state index is -4.97. The summed E-state index contributed by atoms with van der Waals surface area (Å²) < 4.78 is 68.8. The number of aliphatic hydroxyl groups excluding tert-OH is 1. The number of rotatable bonds is 80. The fourth-order valence-electron chi connectivity index (χ4n) is 12.7. The lowest BCUT2D eigenvalue weighted by Gasteiger charge is -2.21. The largest absolute Gasteiger partial charge is 0.472 e. The number of unbranched alkanes of at least 4 members (excludes halogenated alkanes) is 44. The minimum Gasteiger partial charge on any atom is -0.462 e. The lowest BCUT2D eigenvalue weighted by molar-refractivity contribution is -0.161. The van der Waals surface area contributed by atoms with E-state index in [1.165, 1.54) is 231 Å². The van der Waals surface area contributed by atoms with Gasteiger partial charge in [-0.05, 0) is 49.4 Å². The van der Waals surface area contributed by atoms with Crippen LogP contribution in [0.3, 0.4) is 0 Å². The molecule has 0 fully saturated rings. The van der Waals surface area contributed by atoms with Gasteiger partial charge in [-0.2, -0.15) is 0 Å². The topological polar surface area (TPSA) is 237 Å². The second kappa shape index (κ2) is 72.0. The number of esters is 4. The summed E-state index contributed by atoms with van der Waals surface area (Å²) in [6.07, 6.45) is 59.5. The third-order valence-corrected chi connectivity index (χ3v) is 21.9. The first-order valence-electron chi connectivity index (χ1n) is 42.8. The molecule has 0 aliphatic heterocycles. The molecule has 0 aliphatic carbocycles. The van der Waals surface area contributed by atoms with Gasteiger partial charge in [0.2, 0.25) is 0 Å². The third-order valence-electron chi connectivity index (χ3n) is 20.0. The highest BCUT2D eigenvalue weighted by molar-refractivity contribution is 7.47. The number of hydrogen-bond donors (Lipinski definition) is 3. The third kappa shape index (κ3) is 73.6. The van der Waals surface area contributed by atoms with Crippen molar-refractivity contribution in [1.29, 1.82) is 0 Å². The molecule has 3 N–H and O–H groups in total. The molecular weight excluding hydrogens is 1330 g/mol. The zero-order valence-corrected chi connectivity index (χ0v) is 69.0. The fourth-order valence-corrected chi connectivity index (χ4v) is 14.3. The molecule has 0 aromatic carbocycles. The highest BCUT2D eigenvalue weighted by Crippen LogP contribution is 2.45. The highest BCUT2D eigenvalue weighted by Gasteiger charge is 2.30. The summed E-state index contributed by atoms with van der Waals surface area (Å²) >= 11 is 0. The Labute approximate surface area is 626 Å². The molecule has 0 bridgehead atoms. The Morgan fingerprint density at radius 2 is 0.471 bits per heavy atom. The summed E-state index contributed by atoms with van der Waals surface area (Å²) in [5.41, 5.74) is 0. The summed E-state index contributed by atoms with van der Waals surface area (Å²) in [5.74, 6) is 1.09. The van der Waals surface area contributed by atoms with Crippen molar-refractivity contribution < 1.29 is 80.2 Å². The van der Waals surface area contributed by atoms with Crippen LogP contribution in [-0.4, -0.2) is 96.7 Å². The average Bonchev–Trinajstić information content (AvgIpc) is 0.923. The maximum atomic E-state index is 13.1. The van der Waals surface area contributed by atoms with Crippen LogP contribution in [0, 0.1) is 23.7 Å². The molecule has 0 amide bonds. The van der Waals surface area contributed by atoms with Gasteiger partial charge in [-0.3, -0.25) is 37.3 Å². The molecule has 4 unspecified atom stereocenters. The minimum absolute atomic E-state index is 0.106. The van der Waals surface area contributed by atoms with Gasteiger partial charge in [0.05, 0.1) is 26.4 Å². The van der Waals surface area contributed by atoms with E-state index in [4.69, 9.17) is 37.0 Å². The lowest BCUT2D eigenvalue weighted by Crippen LogP contribution is -2.30. The molecule has 0 saturated carbocycles. The van der Waals surface area contributed by atoms with Gasteiger partial charge in [0.1, 0.15) is 19.3 Å². The maximum absolute atomic E-state index is 13.1. The van der Waals surface area contributed by atoms with E-state index in [1.54, 1.807) is 0 Å². The smallest absolute Gasteiger partial charge is 0.462 e. The van der Waals surface area contributed by atoms with Gasteiger partial charge in [0.25, 0.3) is 0 Å². The van der Waals surface area contributed by atoms with E-state index in [-0.39, 0.29) is 25.7 Å². The van der Waals surface area contributed by atoms with E-state index in [1.807, 2.05) is 0 Å². The van der Waals surface area contributed by atoms with Crippen molar-refractivity contribution in [2.45, 2.75) is 446 Å². The fraction of sp³-hybridized carbons (Fsp3) is 0.952. The lowest BCUT2D eigenvalue weighted by atomic mass is 9.99. The van der Waals surface area contributed by atoms with Crippen molar-refractivity contribution in [2.75, 3.05) is 39.6 Å². The first kappa shape index (κ1) is 100. The molecule has 0 saturated heterocycles. The quantitative estimate of drug-likeness (QED) is 0.0222. The van der Waals surface area contributed by atoms with Crippen LogP contribution in [0.2, 0.25) is 0 Å². The summed E-state index contributed by atoms with van der Waals surface area (Å²) in [5, 5.41) is 10.7. The van der Waals surface area contributed by atoms with Crippen molar-refractivity contribution >= 4 is 39.5 Å². The Hall–Kier alpha value is -1.94. The van der Waals surface area contributed by atoms with E-state index in [9.17, 15) is 43.2 Å². The van der Waals surface area contributed by atoms with Crippen molar-refractivity contribution in [3.63, 3.8) is 0 Å². The second-order valence-electron chi connectivity index (χ2n) is 31.3. The van der Waals surface area contributed by atoms with Gasteiger partial charge in [0.15, 0.2) is 12.2 Å². The number of hydrogen-bond acceptors (Lipinski definition) is 15. The van der Waals surface area contributed by atoms with Crippen LogP contribution in [0.15, 0.2) is 0 Å². The van der Waals surface area contributed by atoms with Gasteiger partial charge in [-0.15, -0.1) is 0 Å². The first-order chi connectivity index (χ1) is 49.2. The Morgan fingerprint density at radius 3 is 0.696 bits per heavy atom. The van der Waals surface area contributed by atoms with Gasteiger partial charge in [-0.25, -0.2) is 9.13 Å².